The molecule has 0 saturated heterocycles. The number of thiazole rings is 1. The summed E-state index contributed by atoms with van der Waals surface area (Å²) in [5.41, 5.74) is 2.79. The average molecular weight is 241 g/mol. The zero-order chi connectivity index (χ0) is 12.1. The van der Waals surface area contributed by atoms with Crippen LogP contribution in [-0.2, 0) is 4.79 Å². The number of nitrogens with zero attached hydrogens (tertiary/aromatic N) is 2. The van der Waals surface area contributed by atoms with E-state index in [2.05, 4.69) is 10.3 Å². The van der Waals surface area contributed by atoms with Crippen molar-refractivity contribution in [3.8, 4) is 0 Å². The maximum Gasteiger partial charge on any atom is 0.239 e. The number of rotatable bonds is 5. The molecule has 0 fully saturated rings. The van der Waals surface area contributed by atoms with Crippen LogP contribution < -0.4 is 5.32 Å². The van der Waals surface area contributed by atoms with E-state index in [1.165, 1.54) is 0 Å². The van der Waals surface area contributed by atoms with E-state index in [4.69, 9.17) is 0 Å². The van der Waals surface area contributed by atoms with Gasteiger partial charge in [0.1, 0.15) is 0 Å². The van der Waals surface area contributed by atoms with Crippen molar-refractivity contribution in [3.05, 3.63) is 16.6 Å². The van der Waals surface area contributed by atoms with Gasteiger partial charge in [0.15, 0.2) is 0 Å². The largest absolute Gasteiger partial charge is 0.345 e. The fourth-order valence-corrected chi connectivity index (χ4v) is 2.10. The molecule has 4 nitrogen and oxygen atoms in total. The van der Waals surface area contributed by atoms with Crippen LogP contribution in [0.15, 0.2) is 10.9 Å². The lowest BCUT2D eigenvalue weighted by Gasteiger charge is -2.23. The zero-order valence-corrected chi connectivity index (χ0v) is 11.0. The van der Waals surface area contributed by atoms with E-state index >= 15 is 0 Å². The van der Waals surface area contributed by atoms with Crippen molar-refractivity contribution in [1.29, 1.82) is 0 Å². The first-order valence-electron chi connectivity index (χ1n) is 5.45. The smallest absolute Gasteiger partial charge is 0.239 e. The van der Waals surface area contributed by atoms with E-state index in [0.29, 0.717) is 0 Å². The van der Waals surface area contributed by atoms with Crippen molar-refractivity contribution in [3.63, 3.8) is 0 Å². The molecule has 0 saturated carbocycles. The molecular weight excluding hydrogens is 222 g/mol. The maximum absolute atomic E-state index is 11.8. The summed E-state index contributed by atoms with van der Waals surface area (Å²) in [7, 11) is 1.81. The average Bonchev–Trinajstić information content (AvgIpc) is 2.80. The van der Waals surface area contributed by atoms with Gasteiger partial charge in [-0.15, -0.1) is 11.3 Å². The number of likely N-dealkylation sites (N-methyl/N-ethyl adjacent to an activating group) is 1. The van der Waals surface area contributed by atoms with Gasteiger partial charge >= 0.3 is 0 Å². The predicted octanol–water partition coefficient (Wildman–Crippen LogP) is 1.66. The van der Waals surface area contributed by atoms with Crippen molar-refractivity contribution in [2.45, 2.75) is 32.9 Å². The predicted molar refractivity (Wildman–Crippen MR) is 66.4 cm³/mol. The zero-order valence-electron chi connectivity index (χ0n) is 10.2. The van der Waals surface area contributed by atoms with Crippen LogP contribution in [0.5, 0.6) is 0 Å². The molecule has 5 heteroatoms. The third kappa shape index (κ3) is 3.28. The molecule has 1 heterocycles. The van der Waals surface area contributed by atoms with Crippen LogP contribution >= 0.6 is 11.3 Å². The first-order valence-corrected chi connectivity index (χ1v) is 6.39. The van der Waals surface area contributed by atoms with Gasteiger partial charge in [-0.25, -0.2) is 4.98 Å². The number of nitrogens with one attached hydrogen (secondary N) is 1. The summed E-state index contributed by atoms with van der Waals surface area (Å²) >= 11 is 1.57. The molecule has 1 N–H and O–H groups in total. The summed E-state index contributed by atoms with van der Waals surface area (Å²) < 4.78 is 0. The van der Waals surface area contributed by atoms with E-state index in [9.17, 15) is 4.79 Å². The molecule has 2 atom stereocenters. The maximum atomic E-state index is 11.8. The van der Waals surface area contributed by atoms with Gasteiger partial charge in [-0.1, -0.05) is 0 Å². The molecule has 16 heavy (non-hydrogen) atoms. The molecule has 0 aliphatic rings. The molecule has 0 bridgehead atoms. The highest BCUT2D eigenvalue weighted by atomic mass is 32.1. The Balaban J connectivity index is 2.51. The van der Waals surface area contributed by atoms with E-state index in [1.54, 1.807) is 21.7 Å². The number of aromatic nitrogens is 1. The molecule has 0 aromatic carbocycles. The Morgan fingerprint density at radius 2 is 2.31 bits per heavy atom. The number of carbonyl (C=O) groups excluding carboxylic acids is 1. The second-order valence-electron chi connectivity index (χ2n) is 3.88. The number of amides is 1. The van der Waals surface area contributed by atoms with Gasteiger partial charge in [0.05, 0.1) is 17.2 Å². The number of carbonyl (C=O) groups is 1. The van der Waals surface area contributed by atoms with E-state index < -0.39 is 0 Å². The minimum Gasteiger partial charge on any atom is -0.345 e. The van der Waals surface area contributed by atoms with Gasteiger partial charge in [0, 0.05) is 25.0 Å². The lowest BCUT2D eigenvalue weighted by atomic mass is 10.2. The Morgan fingerprint density at radius 3 is 2.81 bits per heavy atom. The van der Waals surface area contributed by atoms with Gasteiger partial charge in [-0.2, -0.15) is 0 Å². The normalized spacial score (nSPS) is 14.5. The van der Waals surface area contributed by atoms with E-state index in [-0.39, 0.29) is 18.0 Å². The van der Waals surface area contributed by atoms with Crippen LogP contribution in [0.2, 0.25) is 0 Å². The molecule has 0 radical (unpaired) electrons. The van der Waals surface area contributed by atoms with E-state index in [1.807, 2.05) is 33.2 Å². The van der Waals surface area contributed by atoms with Crippen molar-refractivity contribution in [2.24, 2.45) is 0 Å². The molecule has 90 valence electrons. The summed E-state index contributed by atoms with van der Waals surface area (Å²) in [5, 5.41) is 5.25. The summed E-state index contributed by atoms with van der Waals surface area (Å²) in [6.45, 7) is 6.60. The first kappa shape index (κ1) is 13.1. The van der Waals surface area contributed by atoms with E-state index in [0.717, 1.165) is 12.2 Å². The Kier molecular flexibility index (Phi) is 4.89. The summed E-state index contributed by atoms with van der Waals surface area (Å²) in [4.78, 5) is 17.8. The van der Waals surface area contributed by atoms with Crippen LogP contribution in [-0.4, -0.2) is 35.4 Å². The molecule has 0 aliphatic heterocycles. The van der Waals surface area contributed by atoms with Gasteiger partial charge in [0.2, 0.25) is 5.91 Å². The molecular formula is C11H19N3OS. The SMILES string of the molecule is CCN(C)C(=O)C(C)NC(C)c1cscn1. The lowest BCUT2D eigenvalue weighted by molar-refractivity contribution is -0.131. The van der Waals surface area contributed by atoms with Gasteiger partial charge < -0.3 is 4.90 Å². The summed E-state index contributed by atoms with van der Waals surface area (Å²) in [6, 6.07) is -0.0721. The Hall–Kier alpha value is -0.940. The summed E-state index contributed by atoms with van der Waals surface area (Å²) in [6.07, 6.45) is 0. The van der Waals surface area contributed by atoms with Crippen LogP contribution in [0.25, 0.3) is 0 Å². The van der Waals surface area contributed by atoms with Crippen LogP contribution in [0.3, 0.4) is 0 Å². The first-order chi connectivity index (χ1) is 7.56. The highest BCUT2D eigenvalue weighted by molar-refractivity contribution is 7.07. The lowest BCUT2D eigenvalue weighted by Crippen LogP contribution is -2.43. The number of hydrogen-bond acceptors (Lipinski definition) is 4. The van der Waals surface area contributed by atoms with Crippen LogP contribution in [0.4, 0.5) is 0 Å². The van der Waals surface area contributed by atoms with Gasteiger partial charge in [-0.3, -0.25) is 10.1 Å². The Bertz CT molecular complexity index is 326. The highest BCUT2D eigenvalue weighted by Crippen LogP contribution is 2.12. The van der Waals surface area contributed by atoms with Crippen LogP contribution in [0, 0.1) is 0 Å². The second kappa shape index (κ2) is 5.96. The van der Waals surface area contributed by atoms with Crippen molar-refractivity contribution >= 4 is 17.2 Å². The summed E-state index contributed by atoms with van der Waals surface area (Å²) in [5.74, 6) is 0.115. The molecule has 2 unspecified atom stereocenters. The quantitative estimate of drug-likeness (QED) is 0.852. The van der Waals surface area contributed by atoms with Crippen LogP contribution in [0.1, 0.15) is 32.5 Å². The van der Waals surface area contributed by atoms with Gasteiger partial charge in [-0.05, 0) is 20.8 Å². The molecule has 1 rings (SSSR count). The molecule has 1 aromatic heterocycles. The minimum absolute atomic E-state index is 0.107. The van der Waals surface area contributed by atoms with Crippen molar-refractivity contribution < 1.29 is 4.79 Å². The monoisotopic (exact) mass is 241 g/mol. The third-order valence-corrected chi connectivity index (χ3v) is 3.22. The fourth-order valence-electron chi connectivity index (χ4n) is 1.45. The fraction of sp³-hybridized carbons (Fsp3) is 0.636. The Labute approximate surface area is 101 Å². The minimum atomic E-state index is -0.179. The van der Waals surface area contributed by atoms with Crippen molar-refractivity contribution in [2.75, 3.05) is 13.6 Å². The topological polar surface area (TPSA) is 45.2 Å². The highest BCUT2D eigenvalue weighted by Gasteiger charge is 2.19. The van der Waals surface area contributed by atoms with Gasteiger partial charge in [0.25, 0.3) is 0 Å². The standard InChI is InChI=1S/C11H19N3OS/c1-5-14(4)11(15)9(3)13-8(2)10-6-16-7-12-10/h6-9,13H,5H2,1-4H3. The second-order valence-corrected chi connectivity index (χ2v) is 4.59. The molecule has 0 aliphatic carbocycles. The molecule has 1 aromatic rings. The molecule has 1 amide bonds. The van der Waals surface area contributed by atoms with Crippen molar-refractivity contribution in [1.82, 2.24) is 15.2 Å². The number of hydrogen-bond donors (Lipinski definition) is 1. The molecule has 0 spiro atoms. The third-order valence-electron chi connectivity index (χ3n) is 2.62. The Morgan fingerprint density at radius 1 is 1.62 bits per heavy atom.